The normalized spacial score (nSPS) is 18.6. The summed E-state index contributed by atoms with van der Waals surface area (Å²) in [6.07, 6.45) is 1.44. The van der Waals surface area contributed by atoms with Crippen LogP contribution in [0.5, 0.6) is 0 Å². The molecule has 114 valence electrons. The summed E-state index contributed by atoms with van der Waals surface area (Å²) in [5.74, 6) is -0.534. The standard InChI is InChI=1S/C16H22N2O3/c1-12(14(19)21-2)18-15(20)16(8-10-17-11-9-16)13-6-4-3-5-7-13/h3-7,12,17H,8-11H2,1-2H3,(H,18,20). The Morgan fingerprint density at radius 3 is 2.43 bits per heavy atom. The molecular formula is C16H22N2O3. The number of hydrogen-bond donors (Lipinski definition) is 2. The van der Waals surface area contributed by atoms with E-state index in [2.05, 4.69) is 15.4 Å². The molecule has 0 saturated carbocycles. The zero-order chi connectivity index (χ0) is 15.3. The van der Waals surface area contributed by atoms with Crippen molar-refractivity contribution < 1.29 is 14.3 Å². The van der Waals surface area contributed by atoms with E-state index in [9.17, 15) is 9.59 Å². The number of benzene rings is 1. The highest BCUT2D eigenvalue weighted by atomic mass is 16.5. The highest BCUT2D eigenvalue weighted by molar-refractivity contribution is 5.91. The fourth-order valence-corrected chi connectivity index (χ4v) is 2.83. The van der Waals surface area contributed by atoms with Gasteiger partial charge in [0, 0.05) is 0 Å². The first-order chi connectivity index (χ1) is 10.1. The van der Waals surface area contributed by atoms with Gasteiger partial charge in [0.05, 0.1) is 12.5 Å². The molecule has 1 aromatic carbocycles. The summed E-state index contributed by atoms with van der Waals surface area (Å²) >= 11 is 0. The molecule has 0 aliphatic carbocycles. The molecule has 1 aromatic rings. The lowest BCUT2D eigenvalue weighted by Crippen LogP contribution is -2.54. The van der Waals surface area contributed by atoms with Crippen LogP contribution in [0.4, 0.5) is 0 Å². The largest absolute Gasteiger partial charge is 0.467 e. The second-order valence-corrected chi connectivity index (χ2v) is 5.42. The van der Waals surface area contributed by atoms with E-state index in [0.717, 1.165) is 31.5 Å². The lowest BCUT2D eigenvalue weighted by Gasteiger charge is -2.37. The Labute approximate surface area is 125 Å². The van der Waals surface area contributed by atoms with Crippen LogP contribution in [-0.4, -0.2) is 38.1 Å². The van der Waals surface area contributed by atoms with Gasteiger partial charge in [0.15, 0.2) is 0 Å². The highest BCUT2D eigenvalue weighted by Gasteiger charge is 2.41. The van der Waals surface area contributed by atoms with Crippen molar-refractivity contribution in [1.29, 1.82) is 0 Å². The van der Waals surface area contributed by atoms with Crippen LogP contribution in [0.25, 0.3) is 0 Å². The van der Waals surface area contributed by atoms with Crippen LogP contribution in [-0.2, 0) is 19.7 Å². The van der Waals surface area contributed by atoms with Gasteiger partial charge in [-0.3, -0.25) is 4.79 Å². The maximum absolute atomic E-state index is 12.8. The molecule has 0 spiro atoms. The number of methoxy groups -OCH3 is 1. The number of amides is 1. The van der Waals surface area contributed by atoms with Crippen molar-refractivity contribution in [3.63, 3.8) is 0 Å². The molecule has 1 heterocycles. The molecule has 1 aliphatic heterocycles. The first kappa shape index (κ1) is 15.5. The topological polar surface area (TPSA) is 67.4 Å². The van der Waals surface area contributed by atoms with Gasteiger partial charge in [-0.25, -0.2) is 4.79 Å². The van der Waals surface area contributed by atoms with E-state index in [1.165, 1.54) is 7.11 Å². The van der Waals surface area contributed by atoms with Gasteiger partial charge in [-0.05, 0) is 38.4 Å². The molecule has 1 aliphatic rings. The fourth-order valence-electron chi connectivity index (χ4n) is 2.83. The fraction of sp³-hybridized carbons (Fsp3) is 0.500. The summed E-state index contributed by atoms with van der Waals surface area (Å²) in [6, 6.07) is 9.14. The Morgan fingerprint density at radius 2 is 1.86 bits per heavy atom. The van der Waals surface area contributed by atoms with Gasteiger partial charge >= 0.3 is 5.97 Å². The summed E-state index contributed by atoms with van der Waals surface area (Å²) in [6.45, 7) is 3.22. The molecule has 1 saturated heterocycles. The molecule has 0 aromatic heterocycles. The van der Waals surface area contributed by atoms with Gasteiger partial charge in [0.2, 0.25) is 5.91 Å². The predicted octanol–water partition coefficient (Wildman–Crippen LogP) is 0.985. The minimum atomic E-state index is -0.641. The zero-order valence-corrected chi connectivity index (χ0v) is 12.5. The first-order valence-corrected chi connectivity index (χ1v) is 7.25. The van der Waals surface area contributed by atoms with E-state index in [1.807, 2.05) is 30.3 Å². The minimum Gasteiger partial charge on any atom is -0.467 e. The Balaban J connectivity index is 2.24. The van der Waals surface area contributed by atoms with Crippen molar-refractivity contribution in [3.8, 4) is 0 Å². The van der Waals surface area contributed by atoms with Crippen LogP contribution in [0, 0.1) is 0 Å². The van der Waals surface area contributed by atoms with E-state index in [4.69, 9.17) is 0 Å². The van der Waals surface area contributed by atoms with Crippen molar-refractivity contribution in [2.45, 2.75) is 31.2 Å². The number of nitrogens with one attached hydrogen (secondary N) is 2. The summed E-state index contributed by atoms with van der Waals surface area (Å²) < 4.78 is 4.67. The number of rotatable bonds is 4. The molecule has 1 unspecified atom stereocenters. The Morgan fingerprint density at radius 1 is 1.24 bits per heavy atom. The monoisotopic (exact) mass is 290 g/mol. The van der Waals surface area contributed by atoms with Crippen LogP contribution in [0.3, 0.4) is 0 Å². The van der Waals surface area contributed by atoms with Crippen molar-refractivity contribution in [2.75, 3.05) is 20.2 Å². The highest BCUT2D eigenvalue weighted by Crippen LogP contribution is 2.33. The third-order valence-electron chi connectivity index (χ3n) is 4.12. The summed E-state index contributed by atoms with van der Waals surface area (Å²) in [5.41, 5.74) is 0.426. The third-order valence-corrected chi connectivity index (χ3v) is 4.12. The predicted molar refractivity (Wildman–Crippen MR) is 79.8 cm³/mol. The van der Waals surface area contributed by atoms with Crippen LogP contribution in [0.1, 0.15) is 25.3 Å². The maximum Gasteiger partial charge on any atom is 0.328 e. The van der Waals surface area contributed by atoms with Crippen LogP contribution >= 0.6 is 0 Å². The number of hydrogen-bond acceptors (Lipinski definition) is 4. The number of piperidine rings is 1. The van der Waals surface area contributed by atoms with E-state index in [-0.39, 0.29) is 5.91 Å². The third kappa shape index (κ3) is 3.24. The smallest absolute Gasteiger partial charge is 0.328 e. The van der Waals surface area contributed by atoms with Crippen molar-refractivity contribution in [3.05, 3.63) is 35.9 Å². The molecule has 1 amide bonds. The quantitative estimate of drug-likeness (QED) is 0.811. The first-order valence-electron chi connectivity index (χ1n) is 7.25. The van der Waals surface area contributed by atoms with Gasteiger partial charge in [0.25, 0.3) is 0 Å². The lowest BCUT2D eigenvalue weighted by atomic mass is 9.72. The number of carbonyl (C=O) groups excluding carboxylic acids is 2. The zero-order valence-electron chi connectivity index (χ0n) is 12.5. The molecule has 1 fully saturated rings. The molecule has 0 radical (unpaired) electrons. The molecule has 2 N–H and O–H groups in total. The Kier molecular flexibility index (Phi) is 4.96. The van der Waals surface area contributed by atoms with E-state index >= 15 is 0 Å². The van der Waals surface area contributed by atoms with Crippen LogP contribution in [0.15, 0.2) is 30.3 Å². The van der Waals surface area contributed by atoms with E-state index in [1.54, 1.807) is 6.92 Å². The molecule has 0 bridgehead atoms. The molecule has 21 heavy (non-hydrogen) atoms. The lowest BCUT2D eigenvalue weighted by molar-refractivity contribution is -0.145. The maximum atomic E-state index is 12.8. The van der Waals surface area contributed by atoms with Crippen molar-refractivity contribution >= 4 is 11.9 Å². The average molecular weight is 290 g/mol. The molecular weight excluding hydrogens is 268 g/mol. The second-order valence-electron chi connectivity index (χ2n) is 5.42. The summed E-state index contributed by atoms with van der Waals surface area (Å²) in [4.78, 5) is 24.3. The number of esters is 1. The molecule has 5 heteroatoms. The average Bonchev–Trinajstić information content (AvgIpc) is 2.55. The van der Waals surface area contributed by atoms with Crippen molar-refractivity contribution in [2.24, 2.45) is 0 Å². The summed E-state index contributed by atoms with van der Waals surface area (Å²) in [5, 5.41) is 6.08. The van der Waals surface area contributed by atoms with Gasteiger partial charge in [-0.2, -0.15) is 0 Å². The van der Waals surface area contributed by atoms with E-state index < -0.39 is 17.4 Å². The van der Waals surface area contributed by atoms with Crippen LogP contribution < -0.4 is 10.6 Å². The van der Waals surface area contributed by atoms with Gasteiger partial charge in [-0.15, -0.1) is 0 Å². The molecule has 5 nitrogen and oxygen atoms in total. The second kappa shape index (κ2) is 6.72. The number of ether oxygens (including phenoxy) is 1. The SMILES string of the molecule is COC(=O)C(C)NC(=O)C1(c2ccccc2)CCNCC1. The summed E-state index contributed by atoms with van der Waals surface area (Å²) in [7, 11) is 1.32. The number of carbonyl (C=O) groups is 2. The van der Waals surface area contributed by atoms with Crippen molar-refractivity contribution in [1.82, 2.24) is 10.6 Å². The molecule has 1 atom stereocenters. The Bertz CT molecular complexity index is 496. The van der Waals surface area contributed by atoms with Gasteiger partial charge < -0.3 is 15.4 Å². The van der Waals surface area contributed by atoms with E-state index in [0.29, 0.717) is 0 Å². The molecule has 2 rings (SSSR count). The van der Waals surface area contributed by atoms with Gasteiger partial charge in [0.1, 0.15) is 6.04 Å². The Hall–Kier alpha value is -1.88. The van der Waals surface area contributed by atoms with Gasteiger partial charge in [-0.1, -0.05) is 30.3 Å². The van der Waals surface area contributed by atoms with Crippen LogP contribution in [0.2, 0.25) is 0 Å². The minimum absolute atomic E-state index is 0.104.